The topological polar surface area (TPSA) is 46.6 Å². The Morgan fingerprint density at radius 1 is 1.08 bits per heavy atom. The lowest BCUT2D eigenvalue weighted by atomic mass is 10.2. The predicted molar refractivity (Wildman–Crippen MR) is 102 cm³/mol. The molecule has 1 aliphatic rings. The summed E-state index contributed by atoms with van der Waals surface area (Å²) < 4.78 is 5.24. The first-order chi connectivity index (χ1) is 12.1. The second-order valence-electron chi connectivity index (χ2n) is 5.13. The monoisotopic (exact) mass is 371 g/mol. The Labute approximate surface area is 154 Å². The minimum Gasteiger partial charge on any atom is -0.495 e. The van der Waals surface area contributed by atoms with E-state index < -0.39 is 5.91 Å². The van der Waals surface area contributed by atoms with Gasteiger partial charge in [-0.3, -0.25) is 9.59 Å². The molecule has 0 aromatic heterocycles. The molecular weight excluding hydrogens is 358 g/mol. The number of ether oxygens (including phenoxy) is 1. The van der Waals surface area contributed by atoms with Gasteiger partial charge in [-0.15, -0.1) is 0 Å². The summed E-state index contributed by atoms with van der Waals surface area (Å²) in [5.74, 6) is 0.0380. The van der Waals surface area contributed by atoms with Crippen molar-refractivity contribution in [2.24, 2.45) is 0 Å². The van der Waals surface area contributed by atoms with Crippen LogP contribution in [0.3, 0.4) is 0 Å². The van der Waals surface area contributed by atoms with Crippen LogP contribution >= 0.6 is 23.4 Å². The second kappa shape index (κ2) is 7.59. The molecule has 3 rings (SSSR count). The summed E-state index contributed by atoms with van der Waals surface area (Å²) in [6.45, 7) is 0. The van der Waals surface area contributed by atoms with Gasteiger partial charge in [-0.25, -0.2) is 4.90 Å². The van der Waals surface area contributed by atoms with E-state index in [1.54, 1.807) is 30.3 Å². The first kappa shape index (κ1) is 17.3. The van der Waals surface area contributed by atoms with Gasteiger partial charge in [-0.2, -0.15) is 0 Å². The smallest absolute Gasteiger partial charge is 0.298 e. The summed E-state index contributed by atoms with van der Waals surface area (Å²) in [4.78, 5) is 26.3. The molecule has 126 valence electrons. The fourth-order valence-electron chi connectivity index (χ4n) is 2.37. The summed E-state index contributed by atoms with van der Waals surface area (Å²) in [6, 6.07) is 16.4. The number of anilines is 1. The molecule has 0 unspecified atom stereocenters. The highest BCUT2D eigenvalue weighted by Crippen LogP contribution is 2.39. The maximum atomic E-state index is 12.6. The molecule has 1 aliphatic heterocycles. The number of benzene rings is 2. The van der Waals surface area contributed by atoms with Crippen LogP contribution in [0.15, 0.2) is 70.6 Å². The first-order valence-corrected chi connectivity index (χ1v) is 8.63. The molecule has 25 heavy (non-hydrogen) atoms. The van der Waals surface area contributed by atoms with E-state index in [4.69, 9.17) is 16.3 Å². The average molecular weight is 372 g/mol. The van der Waals surface area contributed by atoms with E-state index in [1.807, 2.05) is 30.3 Å². The molecule has 2 amide bonds. The second-order valence-corrected chi connectivity index (χ2v) is 6.56. The zero-order valence-corrected chi connectivity index (χ0v) is 14.9. The molecule has 0 N–H and O–H groups in total. The summed E-state index contributed by atoms with van der Waals surface area (Å²) >= 11 is 7.08. The Hall–Kier alpha value is -2.50. The van der Waals surface area contributed by atoms with Crippen molar-refractivity contribution in [2.75, 3.05) is 12.0 Å². The van der Waals surface area contributed by atoms with Crippen LogP contribution in [0, 0.1) is 0 Å². The molecule has 0 spiro atoms. The van der Waals surface area contributed by atoms with Crippen LogP contribution < -0.4 is 9.64 Å². The lowest BCUT2D eigenvalue weighted by molar-refractivity contribution is -0.113. The van der Waals surface area contributed by atoms with E-state index in [2.05, 4.69) is 0 Å². The molecule has 0 atom stereocenters. The number of nitrogens with zero attached hydrogens (tertiary/aromatic N) is 1. The number of rotatable bonds is 4. The quantitative estimate of drug-likeness (QED) is 0.705. The van der Waals surface area contributed by atoms with E-state index in [-0.39, 0.29) is 10.1 Å². The Balaban J connectivity index is 1.90. The first-order valence-electron chi connectivity index (χ1n) is 7.43. The van der Waals surface area contributed by atoms with Crippen molar-refractivity contribution >= 4 is 46.3 Å². The molecule has 1 fully saturated rings. The van der Waals surface area contributed by atoms with Gasteiger partial charge < -0.3 is 4.74 Å². The number of imide groups is 1. The maximum absolute atomic E-state index is 12.6. The number of halogens is 1. The average Bonchev–Trinajstić information content (AvgIpc) is 2.89. The van der Waals surface area contributed by atoms with Crippen LogP contribution in [-0.2, 0) is 4.79 Å². The zero-order valence-electron chi connectivity index (χ0n) is 13.3. The minimum atomic E-state index is -0.417. The van der Waals surface area contributed by atoms with Crippen LogP contribution in [0.25, 0.3) is 6.08 Å². The largest absolute Gasteiger partial charge is 0.495 e. The van der Waals surface area contributed by atoms with Crippen molar-refractivity contribution < 1.29 is 14.3 Å². The van der Waals surface area contributed by atoms with Crippen LogP contribution in [0.1, 0.15) is 5.56 Å². The van der Waals surface area contributed by atoms with Gasteiger partial charge in [0.15, 0.2) is 0 Å². The lowest BCUT2D eigenvalue weighted by Crippen LogP contribution is -2.28. The molecule has 0 radical (unpaired) electrons. The summed E-state index contributed by atoms with van der Waals surface area (Å²) in [6.07, 6.45) is 3.24. The number of methoxy groups -OCH3 is 1. The van der Waals surface area contributed by atoms with Crippen molar-refractivity contribution in [2.45, 2.75) is 0 Å². The van der Waals surface area contributed by atoms with Crippen LogP contribution in [0.4, 0.5) is 10.5 Å². The highest BCUT2D eigenvalue weighted by atomic mass is 35.5. The number of hydrogen-bond acceptors (Lipinski definition) is 4. The van der Waals surface area contributed by atoms with E-state index in [0.29, 0.717) is 16.5 Å². The molecular formula is C19H14ClNO3S. The van der Waals surface area contributed by atoms with Crippen molar-refractivity contribution in [3.8, 4) is 5.75 Å². The summed E-state index contributed by atoms with van der Waals surface area (Å²) in [5.41, 5.74) is 1.33. The van der Waals surface area contributed by atoms with Gasteiger partial charge in [0.25, 0.3) is 11.1 Å². The van der Waals surface area contributed by atoms with E-state index >= 15 is 0 Å². The van der Waals surface area contributed by atoms with Crippen molar-refractivity contribution in [3.63, 3.8) is 0 Å². The van der Waals surface area contributed by atoms with Crippen molar-refractivity contribution in [1.29, 1.82) is 0 Å². The van der Waals surface area contributed by atoms with Crippen molar-refractivity contribution in [1.82, 2.24) is 0 Å². The third-order valence-electron chi connectivity index (χ3n) is 3.49. The lowest BCUT2D eigenvalue weighted by Gasteiger charge is -2.15. The molecule has 6 heteroatoms. The molecule has 2 aromatic rings. The Morgan fingerprint density at radius 2 is 1.76 bits per heavy atom. The van der Waals surface area contributed by atoms with E-state index in [1.165, 1.54) is 13.2 Å². The Bertz CT molecular complexity index is 877. The molecule has 4 nitrogen and oxygen atoms in total. The van der Waals surface area contributed by atoms with Crippen LogP contribution in [-0.4, -0.2) is 18.3 Å². The number of amides is 2. The van der Waals surface area contributed by atoms with Gasteiger partial charge in [0.2, 0.25) is 0 Å². The SMILES string of the molecule is COc1ccccc1N1C(=O)S/C(=C\C(Cl)=C\c2ccccc2)C1=O. The van der Waals surface area contributed by atoms with E-state index in [0.717, 1.165) is 22.2 Å². The fraction of sp³-hybridized carbons (Fsp3) is 0.0526. The third kappa shape index (κ3) is 3.78. The summed E-state index contributed by atoms with van der Waals surface area (Å²) in [5, 5.41) is -0.0124. The Morgan fingerprint density at radius 3 is 2.48 bits per heavy atom. The number of carbonyl (C=O) groups excluding carboxylic acids is 2. The van der Waals surface area contributed by atoms with Gasteiger partial charge in [-0.05, 0) is 41.6 Å². The zero-order chi connectivity index (χ0) is 17.8. The van der Waals surface area contributed by atoms with Crippen LogP contribution in [0.5, 0.6) is 5.75 Å². The number of carbonyl (C=O) groups is 2. The van der Waals surface area contributed by atoms with Crippen molar-refractivity contribution in [3.05, 3.63) is 76.2 Å². The fourth-order valence-corrected chi connectivity index (χ4v) is 3.49. The predicted octanol–water partition coefficient (Wildman–Crippen LogP) is 5.06. The third-order valence-corrected chi connectivity index (χ3v) is 4.58. The highest BCUT2D eigenvalue weighted by molar-refractivity contribution is 8.18. The molecule has 1 heterocycles. The maximum Gasteiger partial charge on any atom is 0.298 e. The number of para-hydroxylation sites is 2. The van der Waals surface area contributed by atoms with Gasteiger partial charge >= 0.3 is 0 Å². The summed E-state index contributed by atoms with van der Waals surface area (Å²) in [7, 11) is 1.49. The normalized spacial score (nSPS) is 16.6. The molecule has 1 saturated heterocycles. The molecule has 0 saturated carbocycles. The number of thioether (sulfide) groups is 1. The van der Waals surface area contributed by atoms with Gasteiger partial charge in [0, 0.05) is 5.03 Å². The number of hydrogen-bond donors (Lipinski definition) is 0. The Kier molecular flexibility index (Phi) is 5.26. The minimum absolute atomic E-state index is 0.271. The molecule has 0 aliphatic carbocycles. The standard InChI is InChI=1S/C19H14ClNO3S/c1-24-16-10-6-5-9-15(16)21-18(22)17(25-19(21)23)12-14(20)11-13-7-3-2-4-8-13/h2-12H,1H3/b14-11-,17-12-. The van der Waals surface area contributed by atoms with E-state index in [9.17, 15) is 9.59 Å². The number of allylic oxidation sites excluding steroid dienone is 2. The van der Waals surface area contributed by atoms with Gasteiger partial charge in [0.1, 0.15) is 5.75 Å². The highest BCUT2D eigenvalue weighted by Gasteiger charge is 2.37. The molecule has 0 bridgehead atoms. The van der Waals surface area contributed by atoms with Gasteiger partial charge in [-0.1, -0.05) is 54.1 Å². The van der Waals surface area contributed by atoms with Gasteiger partial charge in [0.05, 0.1) is 17.7 Å². The van der Waals surface area contributed by atoms with Crippen LogP contribution in [0.2, 0.25) is 0 Å². The molecule has 2 aromatic carbocycles.